The molecule has 3 rings (SSSR count). The zero-order chi connectivity index (χ0) is 29.3. The monoisotopic (exact) mass is 435 g/mol. The quantitative estimate of drug-likeness (QED) is 0.656. The Kier molecular flexibility index (Phi) is 5.20. The number of halogens is 1. The van der Waals surface area contributed by atoms with E-state index in [9.17, 15) is 9.18 Å². The largest absolute Gasteiger partial charge is 0.493 e. The van der Waals surface area contributed by atoms with Crippen molar-refractivity contribution in [2.75, 3.05) is 26.7 Å². The van der Waals surface area contributed by atoms with Crippen molar-refractivity contribution in [1.82, 2.24) is 15.1 Å². The number of hydrogen-bond acceptors (Lipinski definition) is 3. The van der Waals surface area contributed by atoms with Crippen LogP contribution in [0.4, 0.5) is 9.18 Å². The summed E-state index contributed by atoms with van der Waals surface area (Å²) in [7, 11) is 1.90. The summed E-state index contributed by atoms with van der Waals surface area (Å²) in [6, 6.07) is 1.25. The summed E-state index contributed by atoms with van der Waals surface area (Å²) < 4.78 is 85.2. The number of nitrogens with one attached hydrogen (secondary N) is 1. The fourth-order valence-corrected chi connectivity index (χ4v) is 3.16. The molecule has 1 aliphatic rings. The second-order valence-corrected chi connectivity index (χ2v) is 7.88. The van der Waals surface area contributed by atoms with E-state index in [0.717, 1.165) is 4.90 Å². The van der Waals surface area contributed by atoms with E-state index in [0.29, 0.717) is 37.2 Å². The van der Waals surface area contributed by atoms with Gasteiger partial charge in [-0.25, -0.2) is 9.18 Å². The summed E-state index contributed by atoms with van der Waals surface area (Å²) in [4.78, 5) is 16.4. The lowest BCUT2D eigenvalue weighted by atomic mass is 10.0. The van der Waals surface area contributed by atoms with Gasteiger partial charge in [0, 0.05) is 19.1 Å². The molecule has 0 bridgehead atoms. The van der Waals surface area contributed by atoms with E-state index in [-0.39, 0.29) is 12.5 Å². The van der Waals surface area contributed by atoms with Crippen LogP contribution in [-0.4, -0.2) is 48.6 Å². The van der Waals surface area contributed by atoms with Crippen LogP contribution in [0.2, 0.25) is 0 Å². The van der Waals surface area contributed by atoms with Crippen LogP contribution in [0, 0.1) is 11.7 Å². The Morgan fingerprint density at radius 3 is 2.48 bits per heavy atom. The zero-order valence-electron chi connectivity index (χ0n) is 26.1. The van der Waals surface area contributed by atoms with Gasteiger partial charge in [0.25, 0.3) is 0 Å². The minimum absolute atomic E-state index is 0.00629. The van der Waals surface area contributed by atoms with Crippen LogP contribution in [0.1, 0.15) is 48.8 Å². The Balaban J connectivity index is 1.88. The minimum Gasteiger partial charge on any atom is -0.493 e. The molecule has 0 aliphatic carbocycles. The molecule has 2 amide bonds. The molecule has 2 aromatic carbocycles. The number of rotatable bonds is 8. The molecule has 1 N–H and O–H groups in total. The van der Waals surface area contributed by atoms with Gasteiger partial charge in [0.05, 0.1) is 17.5 Å². The first-order valence-electron chi connectivity index (χ1n) is 14.4. The second-order valence-electron chi connectivity index (χ2n) is 7.88. The molecular formula is C25H34FN3O2. The first-order valence-corrected chi connectivity index (χ1v) is 10.4. The number of piperidine rings is 1. The maximum atomic E-state index is 14.2. The number of urea groups is 1. The van der Waals surface area contributed by atoms with E-state index in [1.54, 1.807) is 38.1 Å². The van der Waals surface area contributed by atoms with Crippen molar-refractivity contribution in [3.8, 4) is 5.75 Å². The van der Waals surface area contributed by atoms with Crippen LogP contribution in [-0.2, 0) is 13.0 Å². The highest BCUT2D eigenvalue weighted by Crippen LogP contribution is 2.19. The number of benzene rings is 2. The van der Waals surface area contributed by atoms with Gasteiger partial charge in [0.2, 0.25) is 0 Å². The topological polar surface area (TPSA) is 44.8 Å². The molecular weight excluding hydrogens is 393 g/mol. The highest BCUT2D eigenvalue weighted by Gasteiger charge is 2.27. The number of nitrogens with zero attached hydrogens (tertiary/aromatic N) is 2. The lowest BCUT2D eigenvalue weighted by molar-refractivity contribution is 0.127. The van der Waals surface area contributed by atoms with E-state index in [2.05, 4.69) is 5.32 Å². The molecule has 5 nitrogen and oxygen atoms in total. The smallest absolute Gasteiger partial charge is 0.318 e. The number of carbonyl (C=O) groups excluding carboxylic acids is 1. The molecule has 1 aliphatic heterocycles. The SMILES string of the molecule is [2H]c1c([2H])c(C([2H])([2H])N(C(=O)NCc2ccc(OC([2H])([2H])C(C)C)cc2)C2CCN(C)CC2)c([2H])c([2H])c1F. The van der Waals surface area contributed by atoms with Crippen molar-refractivity contribution < 1.29 is 24.9 Å². The Hall–Kier alpha value is -2.60. The molecule has 1 saturated heterocycles. The fraction of sp³-hybridized carbons (Fsp3) is 0.480. The second kappa shape index (κ2) is 11.1. The highest BCUT2D eigenvalue weighted by molar-refractivity contribution is 5.74. The van der Waals surface area contributed by atoms with Crippen molar-refractivity contribution >= 4 is 6.03 Å². The van der Waals surface area contributed by atoms with E-state index >= 15 is 0 Å². The summed E-state index contributed by atoms with van der Waals surface area (Å²) >= 11 is 0. The molecule has 0 unspecified atom stereocenters. The minimum atomic E-state index is -2.78. The van der Waals surface area contributed by atoms with Crippen molar-refractivity contribution in [1.29, 1.82) is 0 Å². The Morgan fingerprint density at radius 2 is 1.87 bits per heavy atom. The van der Waals surface area contributed by atoms with Crippen LogP contribution in [0.3, 0.4) is 0 Å². The summed E-state index contributed by atoms with van der Waals surface area (Å²) in [5, 5.41) is 2.68. The third-order valence-electron chi connectivity index (χ3n) is 4.88. The van der Waals surface area contributed by atoms with Gasteiger partial charge in [0.1, 0.15) is 11.6 Å². The molecule has 6 heteroatoms. The molecule has 0 atom stereocenters. The molecule has 0 aromatic heterocycles. The number of carbonyl (C=O) groups is 1. The summed E-state index contributed by atoms with van der Waals surface area (Å²) in [6.45, 7) is -0.0864. The number of ether oxygens (including phenoxy) is 1. The van der Waals surface area contributed by atoms with Crippen LogP contribution in [0.15, 0.2) is 48.4 Å². The number of amides is 2. The van der Waals surface area contributed by atoms with Crippen LogP contribution >= 0.6 is 0 Å². The highest BCUT2D eigenvalue weighted by atomic mass is 19.1. The van der Waals surface area contributed by atoms with Gasteiger partial charge in [-0.3, -0.25) is 0 Å². The zero-order valence-corrected chi connectivity index (χ0v) is 18.1. The first-order chi connectivity index (χ1) is 18.1. The number of likely N-dealkylation sites (tertiary alicyclic amines) is 1. The molecule has 0 saturated carbocycles. The molecule has 1 fully saturated rings. The van der Waals surface area contributed by atoms with Gasteiger partial charge in [-0.2, -0.15) is 0 Å². The van der Waals surface area contributed by atoms with Gasteiger partial charge in [0.15, 0.2) is 0 Å². The molecule has 2 aromatic rings. The van der Waals surface area contributed by atoms with Crippen LogP contribution in [0.25, 0.3) is 0 Å². The predicted molar refractivity (Wildman–Crippen MR) is 121 cm³/mol. The predicted octanol–water partition coefficient (Wildman–Crippen LogP) is 4.67. The van der Waals surface area contributed by atoms with E-state index in [1.165, 1.54) is 0 Å². The summed E-state index contributed by atoms with van der Waals surface area (Å²) in [5.41, 5.74) is -0.0652. The van der Waals surface area contributed by atoms with Crippen molar-refractivity contribution in [3.05, 3.63) is 65.4 Å². The molecule has 0 spiro atoms. The van der Waals surface area contributed by atoms with E-state index < -0.39 is 60.7 Å². The summed E-state index contributed by atoms with van der Waals surface area (Å²) in [5.74, 6) is -1.44. The molecule has 31 heavy (non-hydrogen) atoms. The lowest BCUT2D eigenvalue weighted by Gasteiger charge is -2.37. The molecule has 1 heterocycles. The lowest BCUT2D eigenvalue weighted by Crippen LogP contribution is -2.49. The Labute approximate surface area is 196 Å². The average molecular weight is 436 g/mol. The first kappa shape index (κ1) is 14.5. The van der Waals surface area contributed by atoms with Crippen molar-refractivity contribution in [2.24, 2.45) is 5.92 Å². The third-order valence-corrected chi connectivity index (χ3v) is 4.88. The van der Waals surface area contributed by atoms with Gasteiger partial charge in [-0.15, -0.1) is 0 Å². The van der Waals surface area contributed by atoms with Gasteiger partial charge in [-0.1, -0.05) is 38.1 Å². The van der Waals surface area contributed by atoms with E-state index in [1.807, 2.05) is 11.9 Å². The third kappa shape index (κ3) is 7.24. The van der Waals surface area contributed by atoms with Crippen molar-refractivity contribution in [3.63, 3.8) is 0 Å². The average Bonchev–Trinajstić information content (AvgIpc) is 2.86. The standard InChI is InChI=1S/C25H34FN3O2/c1-19(2)18-31-24-10-6-20(7-11-24)16-27-25(30)29(23-12-14-28(3)15-13-23)17-21-4-8-22(26)9-5-21/h4-11,19,23H,12-18H2,1-3H3,(H,27,30)/i4D,5D,8D,9D,17D2,18D2. The fourth-order valence-electron chi connectivity index (χ4n) is 3.16. The maximum Gasteiger partial charge on any atom is 0.318 e. The normalized spacial score (nSPS) is 19.8. The Morgan fingerprint density at radius 1 is 1.23 bits per heavy atom. The molecule has 0 radical (unpaired) electrons. The molecule has 168 valence electrons. The van der Waals surface area contributed by atoms with Crippen molar-refractivity contribution in [2.45, 2.75) is 45.8 Å². The van der Waals surface area contributed by atoms with Crippen LogP contribution < -0.4 is 10.1 Å². The van der Waals surface area contributed by atoms with E-state index in [4.69, 9.17) is 15.7 Å². The maximum absolute atomic E-state index is 14.2. The van der Waals surface area contributed by atoms with Crippen LogP contribution in [0.5, 0.6) is 5.75 Å². The van der Waals surface area contributed by atoms with Gasteiger partial charge < -0.3 is 19.9 Å². The Bertz CT molecular complexity index is 1160. The van der Waals surface area contributed by atoms with Gasteiger partial charge >= 0.3 is 6.03 Å². The number of hydrogen-bond donors (Lipinski definition) is 1. The van der Waals surface area contributed by atoms with Gasteiger partial charge in [-0.05, 0) is 74.2 Å². The summed E-state index contributed by atoms with van der Waals surface area (Å²) in [6.07, 6.45) is 0.827.